The first-order valence-electron chi connectivity index (χ1n) is 8.85. The Hall–Kier alpha value is -2.99. The van der Waals surface area contributed by atoms with Gasteiger partial charge in [-0.3, -0.25) is 0 Å². The Morgan fingerprint density at radius 3 is 2.43 bits per heavy atom. The largest absolute Gasteiger partial charge is 0.469 e. The van der Waals surface area contributed by atoms with Crippen LogP contribution in [0, 0.1) is 13.8 Å². The van der Waals surface area contributed by atoms with Gasteiger partial charge in [0.2, 0.25) is 5.88 Å². The van der Waals surface area contributed by atoms with Crippen molar-refractivity contribution < 1.29 is 9.26 Å². The molecule has 0 spiro atoms. The van der Waals surface area contributed by atoms with E-state index in [1.165, 1.54) is 0 Å². The van der Waals surface area contributed by atoms with Crippen molar-refractivity contribution in [3.05, 3.63) is 82.2 Å². The summed E-state index contributed by atoms with van der Waals surface area (Å²) in [5.74, 6) is 1.83. The number of benzene rings is 2. The Morgan fingerprint density at radius 1 is 0.929 bits per heavy atom. The van der Waals surface area contributed by atoms with Gasteiger partial charge in [0.15, 0.2) is 18.2 Å². The number of hydrogen-bond acceptors (Lipinski definition) is 5. The molecule has 140 valence electrons. The summed E-state index contributed by atoms with van der Waals surface area (Å²) >= 11 is 3.43. The molecule has 0 aliphatic carbocycles. The summed E-state index contributed by atoms with van der Waals surface area (Å²) in [6.45, 7) is 4.15. The van der Waals surface area contributed by atoms with Crippen molar-refractivity contribution >= 4 is 15.9 Å². The number of nitrogens with zero attached hydrogens (tertiary/aromatic N) is 3. The molecule has 6 heteroatoms. The monoisotopic (exact) mass is 435 g/mol. The third-order valence-electron chi connectivity index (χ3n) is 4.43. The Labute approximate surface area is 171 Å². The van der Waals surface area contributed by atoms with Gasteiger partial charge in [-0.25, -0.2) is 4.98 Å². The summed E-state index contributed by atoms with van der Waals surface area (Å²) in [4.78, 5) is 9.17. The number of halogens is 1. The van der Waals surface area contributed by atoms with Crippen LogP contribution in [-0.2, 0) is 6.61 Å². The van der Waals surface area contributed by atoms with Gasteiger partial charge in [0.25, 0.3) is 0 Å². The molecule has 0 N–H and O–H groups in total. The Morgan fingerprint density at radius 2 is 1.68 bits per heavy atom. The van der Waals surface area contributed by atoms with Crippen LogP contribution in [-0.4, -0.2) is 15.1 Å². The molecule has 5 nitrogen and oxygen atoms in total. The van der Waals surface area contributed by atoms with Crippen LogP contribution in [0.3, 0.4) is 0 Å². The van der Waals surface area contributed by atoms with E-state index in [2.05, 4.69) is 31.1 Å². The van der Waals surface area contributed by atoms with Crippen LogP contribution in [0.15, 0.2) is 69.7 Å². The van der Waals surface area contributed by atoms with Crippen LogP contribution in [0.4, 0.5) is 0 Å². The molecule has 2 aromatic carbocycles. The van der Waals surface area contributed by atoms with Crippen molar-refractivity contribution in [1.82, 2.24) is 15.1 Å². The molecule has 2 aromatic heterocycles. The maximum Gasteiger partial charge on any atom is 0.220 e. The van der Waals surface area contributed by atoms with Crippen molar-refractivity contribution in [2.75, 3.05) is 0 Å². The molecule has 4 rings (SSSR count). The molecule has 0 aliphatic heterocycles. The van der Waals surface area contributed by atoms with Gasteiger partial charge in [-0.05, 0) is 26.0 Å². The first-order chi connectivity index (χ1) is 13.6. The maximum absolute atomic E-state index is 5.94. The molecule has 2 heterocycles. The van der Waals surface area contributed by atoms with E-state index >= 15 is 0 Å². The number of aromatic nitrogens is 3. The van der Waals surface area contributed by atoms with Crippen molar-refractivity contribution in [1.29, 1.82) is 0 Å². The average molecular weight is 436 g/mol. The molecule has 0 bridgehead atoms. The molecule has 0 saturated heterocycles. The highest BCUT2D eigenvalue weighted by atomic mass is 79.9. The van der Waals surface area contributed by atoms with E-state index in [0.717, 1.165) is 32.6 Å². The lowest BCUT2D eigenvalue weighted by Gasteiger charge is -2.10. The molecule has 0 fully saturated rings. The van der Waals surface area contributed by atoms with E-state index in [4.69, 9.17) is 9.26 Å². The van der Waals surface area contributed by atoms with Crippen LogP contribution >= 0.6 is 15.9 Å². The predicted molar refractivity (Wildman–Crippen MR) is 111 cm³/mol. The first kappa shape index (κ1) is 18.4. The minimum absolute atomic E-state index is 0.245. The smallest absolute Gasteiger partial charge is 0.220 e. The quantitative estimate of drug-likeness (QED) is 0.398. The van der Waals surface area contributed by atoms with Crippen LogP contribution in [0.1, 0.15) is 17.0 Å². The fourth-order valence-electron chi connectivity index (χ4n) is 2.74. The van der Waals surface area contributed by atoms with Crippen molar-refractivity contribution in [3.63, 3.8) is 0 Å². The van der Waals surface area contributed by atoms with Gasteiger partial charge in [0, 0.05) is 32.9 Å². The molecule has 0 saturated carbocycles. The van der Waals surface area contributed by atoms with Gasteiger partial charge >= 0.3 is 0 Å². The second kappa shape index (κ2) is 7.94. The van der Waals surface area contributed by atoms with E-state index in [-0.39, 0.29) is 6.61 Å². The second-order valence-corrected chi connectivity index (χ2v) is 7.32. The van der Waals surface area contributed by atoms with Crippen molar-refractivity contribution in [2.24, 2.45) is 0 Å². The zero-order valence-corrected chi connectivity index (χ0v) is 17.1. The fourth-order valence-corrected chi connectivity index (χ4v) is 3.00. The topological polar surface area (TPSA) is 61.0 Å². The lowest BCUT2D eigenvalue weighted by molar-refractivity contribution is 0.240. The lowest BCUT2D eigenvalue weighted by Crippen LogP contribution is -2.03. The SMILES string of the molecule is Cc1nc(-c2ccccc2)nc(OCc2cc(-c3ccc(Br)cc3)no2)c1C. The van der Waals surface area contributed by atoms with Gasteiger partial charge < -0.3 is 9.26 Å². The predicted octanol–water partition coefficient (Wildman–Crippen LogP) is 5.76. The minimum atomic E-state index is 0.245. The van der Waals surface area contributed by atoms with Gasteiger partial charge in [-0.15, -0.1) is 0 Å². The zero-order valence-electron chi connectivity index (χ0n) is 15.5. The van der Waals surface area contributed by atoms with Crippen LogP contribution in [0.2, 0.25) is 0 Å². The van der Waals surface area contributed by atoms with Gasteiger partial charge in [0.1, 0.15) is 5.69 Å². The molecule has 28 heavy (non-hydrogen) atoms. The molecule has 0 radical (unpaired) electrons. The standard InChI is InChI=1S/C22H18BrN3O2/c1-14-15(2)24-21(17-6-4-3-5-7-17)25-22(14)27-13-19-12-20(26-28-19)16-8-10-18(23)11-9-16/h3-12H,13H2,1-2H3. The Bertz CT molecular complexity index is 1090. The van der Waals surface area contributed by atoms with E-state index in [0.29, 0.717) is 17.5 Å². The third kappa shape index (κ3) is 3.97. The Kier molecular flexibility index (Phi) is 5.21. The molecule has 0 amide bonds. The highest BCUT2D eigenvalue weighted by Crippen LogP contribution is 2.25. The van der Waals surface area contributed by atoms with E-state index in [1.54, 1.807) is 0 Å². The molecule has 0 aliphatic rings. The highest BCUT2D eigenvalue weighted by Gasteiger charge is 2.13. The summed E-state index contributed by atoms with van der Waals surface area (Å²) in [6.07, 6.45) is 0. The van der Waals surface area contributed by atoms with Crippen LogP contribution in [0.5, 0.6) is 5.88 Å². The lowest BCUT2D eigenvalue weighted by atomic mass is 10.1. The van der Waals surface area contributed by atoms with Gasteiger partial charge in [-0.2, -0.15) is 4.98 Å². The minimum Gasteiger partial charge on any atom is -0.469 e. The number of ether oxygens (including phenoxy) is 1. The third-order valence-corrected chi connectivity index (χ3v) is 4.96. The normalized spacial score (nSPS) is 10.8. The van der Waals surface area contributed by atoms with Crippen LogP contribution < -0.4 is 4.74 Å². The van der Waals surface area contributed by atoms with Crippen molar-refractivity contribution in [2.45, 2.75) is 20.5 Å². The Balaban J connectivity index is 1.54. The van der Waals surface area contributed by atoms with E-state index in [9.17, 15) is 0 Å². The molecular weight excluding hydrogens is 418 g/mol. The molecular formula is C22H18BrN3O2. The second-order valence-electron chi connectivity index (χ2n) is 6.40. The first-order valence-corrected chi connectivity index (χ1v) is 9.64. The number of aryl methyl sites for hydroxylation is 1. The van der Waals surface area contributed by atoms with E-state index < -0.39 is 0 Å². The van der Waals surface area contributed by atoms with E-state index in [1.807, 2.05) is 74.5 Å². The van der Waals surface area contributed by atoms with Gasteiger partial charge in [0.05, 0.1) is 0 Å². The molecule has 4 aromatic rings. The summed E-state index contributed by atoms with van der Waals surface area (Å²) in [5.41, 5.74) is 4.50. The summed E-state index contributed by atoms with van der Waals surface area (Å²) < 4.78 is 12.4. The summed E-state index contributed by atoms with van der Waals surface area (Å²) in [7, 11) is 0. The zero-order chi connectivity index (χ0) is 19.5. The van der Waals surface area contributed by atoms with Crippen LogP contribution in [0.25, 0.3) is 22.6 Å². The maximum atomic E-state index is 5.94. The molecule has 0 unspecified atom stereocenters. The summed E-state index contributed by atoms with van der Waals surface area (Å²) in [5, 5.41) is 4.13. The van der Waals surface area contributed by atoms with Gasteiger partial charge in [-0.1, -0.05) is 63.6 Å². The highest BCUT2D eigenvalue weighted by molar-refractivity contribution is 9.10. The average Bonchev–Trinajstić information content (AvgIpc) is 3.19. The fraction of sp³-hybridized carbons (Fsp3) is 0.136. The summed E-state index contributed by atoms with van der Waals surface area (Å²) in [6, 6.07) is 19.6. The van der Waals surface area contributed by atoms with Crippen molar-refractivity contribution in [3.8, 4) is 28.5 Å². The molecule has 0 atom stereocenters. The number of hydrogen-bond donors (Lipinski definition) is 0. The number of rotatable bonds is 5.